The van der Waals surface area contributed by atoms with Crippen LogP contribution in [0.1, 0.15) is 104 Å². The van der Waals surface area contributed by atoms with Crippen LogP contribution in [0.2, 0.25) is 0 Å². The van der Waals surface area contributed by atoms with E-state index in [0.29, 0.717) is 37.1 Å². The van der Waals surface area contributed by atoms with Gasteiger partial charge >= 0.3 is 283 Å². The SMILES string of the molecule is CCOC(=O)C(C)Oc1ccc([I+]c2c(C)cc(C)cc2C)cc1.CCOC(=O)Cc1ccc([I+]c2c(OC)cc(OC)cc2OC)cc1.COc1ccc([I+]c2ccc(C)cc2)cc1.Cc1ccc([I+]c2ccc(C(C)C)cc2)cc1.Cc1ccc([I+]c2ccc(CC(C)C)cc2)cc1.F[P-](F)(F)(F)(F)F.F[P-](F)(F)(F)(F)F.F[P-](F)(F)(F)(F)F.F[P-](F)(F)(F)(F)F.F[P-](F)(F)(F)(F)F. The molecule has 0 heterocycles. The third kappa shape index (κ3) is 79.2. The second kappa shape index (κ2) is 47.6. The minimum absolute atomic E-state index is 0.0167. The van der Waals surface area contributed by atoms with Gasteiger partial charge in [-0.15, -0.1) is 0 Å². The predicted molar refractivity (Wildman–Crippen MR) is 454 cm³/mol. The molecule has 10 aromatic rings. The van der Waals surface area contributed by atoms with Crippen molar-refractivity contribution in [2.24, 2.45) is 5.92 Å². The zero-order valence-corrected chi connectivity index (χ0v) is 89.7. The van der Waals surface area contributed by atoms with Gasteiger partial charge in [-0.25, -0.2) is 4.79 Å². The van der Waals surface area contributed by atoms with Crippen LogP contribution in [-0.2, 0) is 31.9 Å². The number of hydrogen-bond donors (Lipinski definition) is 0. The molecule has 0 radical (unpaired) electrons. The molecule has 0 aliphatic rings. The van der Waals surface area contributed by atoms with Gasteiger partial charge in [0.05, 0.1) is 48.1 Å². The number of carbonyl (C=O) groups is 2. The van der Waals surface area contributed by atoms with Crippen molar-refractivity contribution in [2.45, 2.75) is 115 Å². The molecule has 0 aliphatic heterocycles. The van der Waals surface area contributed by atoms with Crippen LogP contribution < -0.4 is 130 Å². The van der Waals surface area contributed by atoms with Crippen LogP contribution in [0.25, 0.3) is 0 Å². The van der Waals surface area contributed by atoms with Gasteiger partial charge in [0.15, 0.2) is 49.7 Å². The normalized spacial score (nSPS) is 14.0. The molecular weight excluding hydrogens is 2540 g/mol. The van der Waals surface area contributed by atoms with Gasteiger partial charge in [-0.05, 0) is 219 Å². The zero-order valence-electron chi connectivity index (χ0n) is 74.5. The molecule has 0 N–H and O–H groups in total. The minimum atomic E-state index is -10.7. The van der Waals surface area contributed by atoms with Crippen LogP contribution in [0.3, 0.4) is 0 Å². The molecule has 0 fully saturated rings. The summed E-state index contributed by atoms with van der Waals surface area (Å²) in [5, 5.41) is 0. The Morgan fingerprint density at radius 2 is 0.556 bits per heavy atom. The molecular formula is C86H98F30I5O9P5. The van der Waals surface area contributed by atoms with Crippen LogP contribution in [0.4, 0.5) is 126 Å². The third-order valence-electron chi connectivity index (χ3n) is 14.8. The average Bonchev–Trinajstić information content (AvgIpc) is 0.796. The second-order valence-electron chi connectivity index (χ2n) is 28.9. The average molecular weight is 2640 g/mol. The Bertz CT molecular complexity index is 5120. The fourth-order valence-electron chi connectivity index (χ4n) is 9.58. The number of ether oxygens (including phenoxy) is 7. The van der Waals surface area contributed by atoms with Crippen molar-refractivity contribution in [1.82, 2.24) is 0 Å². The molecule has 10 aromatic carbocycles. The second-order valence-corrected chi connectivity index (χ2v) is 53.3. The molecule has 1 unspecified atom stereocenters. The molecule has 0 bridgehead atoms. The van der Waals surface area contributed by atoms with E-state index < -0.39 is 66.4 Å². The van der Waals surface area contributed by atoms with E-state index in [2.05, 4.69) is 227 Å². The maximum absolute atomic E-state index is 11.6. The van der Waals surface area contributed by atoms with Crippen molar-refractivity contribution in [1.29, 1.82) is 0 Å². The van der Waals surface area contributed by atoms with Gasteiger partial charge in [0.25, 0.3) is 3.57 Å². The summed E-state index contributed by atoms with van der Waals surface area (Å²) in [5.74, 6) is 4.68. The van der Waals surface area contributed by atoms with E-state index in [1.807, 2.05) is 60.7 Å². The van der Waals surface area contributed by atoms with Gasteiger partial charge < -0.3 is 33.2 Å². The first-order valence-electron chi connectivity index (χ1n) is 38.5. The summed E-state index contributed by atoms with van der Waals surface area (Å²) < 4.78 is 347. The molecule has 766 valence electrons. The van der Waals surface area contributed by atoms with Crippen molar-refractivity contribution in [3.8, 4) is 28.7 Å². The Hall–Kier alpha value is -6.16. The van der Waals surface area contributed by atoms with E-state index in [0.717, 1.165) is 32.3 Å². The first-order valence-corrected chi connectivity index (χ1v) is 59.4. The number of halogens is 35. The number of carbonyl (C=O) groups excluding carboxylic acids is 2. The monoisotopic (exact) mass is 2630 g/mol. The number of rotatable bonds is 24. The van der Waals surface area contributed by atoms with Crippen LogP contribution in [-0.4, -0.2) is 59.7 Å². The van der Waals surface area contributed by atoms with Gasteiger partial charge in [0, 0.05) is 23.3 Å². The molecule has 1 atom stereocenters. The van der Waals surface area contributed by atoms with Crippen molar-refractivity contribution >= 4 is 51.0 Å². The molecule has 10 rings (SSSR count). The van der Waals surface area contributed by atoms with Gasteiger partial charge in [0.1, 0.15) is 17.2 Å². The number of hydrogen-bond acceptors (Lipinski definition) is 9. The number of methoxy groups -OCH3 is 4. The van der Waals surface area contributed by atoms with E-state index in [4.69, 9.17) is 33.2 Å². The summed E-state index contributed by atoms with van der Waals surface area (Å²) in [6.07, 6.45) is 0.886. The quantitative estimate of drug-likeness (QED) is 0.0253. The maximum atomic E-state index is 11.6. The Morgan fingerprint density at radius 1 is 0.296 bits per heavy atom. The van der Waals surface area contributed by atoms with E-state index in [1.54, 1.807) is 49.2 Å². The molecule has 49 heteroatoms. The van der Waals surface area contributed by atoms with Crippen LogP contribution >= 0.6 is 39.0 Å². The molecule has 0 amide bonds. The molecule has 0 saturated heterocycles. The van der Waals surface area contributed by atoms with Crippen LogP contribution in [0.5, 0.6) is 28.7 Å². The predicted octanol–water partition coefficient (Wildman–Crippen LogP) is 20.6. The number of benzene rings is 10. The van der Waals surface area contributed by atoms with Crippen LogP contribution in [0, 0.1) is 83.2 Å². The summed E-state index contributed by atoms with van der Waals surface area (Å²) in [4.78, 5) is 23.2. The molecule has 0 aliphatic carbocycles. The van der Waals surface area contributed by atoms with Gasteiger partial charge in [-0.1, -0.05) is 135 Å². The van der Waals surface area contributed by atoms with Crippen molar-refractivity contribution in [2.75, 3.05) is 41.7 Å². The summed E-state index contributed by atoms with van der Waals surface area (Å²) >= 11 is -0.828. The van der Waals surface area contributed by atoms with Gasteiger partial charge in [0.2, 0.25) is 0 Å². The third-order valence-corrected chi connectivity index (χ3v) is 29.4. The van der Waals surface area contributed by atoms with Gasteiger partial charge in [-0.3, -0.25) is 4.79 Å². The van der Waals surface area contributed by atoms with Crippen molar-refractivity contribution in [3.05, 3.63) is 304 Å². The van der Waals surface area contributed by atoms with E-state index in [-0.39, 0.29) is 96.8 Å². The summed E-state index contributed by atoms with van der Waals surface area (Å²) in [7, 11) is -46.7. The molecule has 9 nitrogen and oxygen atoms in total. The molecule has 0 saturated carbocycles. The zero-order chi connectivity index (χ0) is 105. The first kappa shape index (κ1) is 127. The van der Waals surface area contributed by atoms with Crippen molar-refractivity contribution < 1.29 is 275 Å². The van der Waals surface area contributed by atoms with E-state index in [1.165, 1.54) is 83.1 Å². The molecule has 0 aromatic heterocycles. The standard InChI is InChI=1S/C20H24IO3.C19H22IO5.C17H20I.C16H18I.C14H14IO.5F6P/c1-6-23-20(22)16(5)24-18-9-7-17(8-10-18)21-19-14(3)11-13(2)12-15(19)4;1-5-25-18(21)10-13-6-8-14(9-7-13)20-19-16(23-3)11-15(22-2)12-17(19)24-4;1-13(2)12-15-6-10-17(11-7-15)18-16-8-4-14(3)5-9-16;1-12(2)14-6-10-16(11-7-14)17-15-8-4-13(3)5-9-15;1-11-3-5-12(6-4-11)15-13-7-9-14(16-2)10-8-13;5*1-7(2,3,4,5)6/h7-12,16H,6H2,1-5H3;6-9,11-12H,5,10H2,1-4H3;4-11,13H,12H2,1-3H3;4-12H,1-3H3;3-10H,1-2H3;;;;;/q5*+1;5*-1. The Kier molecular flexibility index (Phi) is 44.7. The summed E-state index contributed by atoms with van der Waals surface area (Å²) in [5.41, 5.74) is 11.9. The number of aryl methyl sites for hydroxylation is 6. The Morgan fingerprint density at radius 3 is 0.830 bits per heavy atom. The molecule has 135 heavy (non-hydrogen) atoms. The number of esters is 2. The molecule has 0 spiro atoms. The topological polar surface area (TPSA) is 98.8 Å². The summed E-state index contributed by atoms with van der Waals surface area (Å²) in [6, 6.07) is 77.8. The Balaban J connectivity index is 0.000000779. The van der Waals surface area contributed by atoms with E-state index in [9.17, 15) is 135 Å². The van der Waals surface area contributed by atoms with Crippen molar-refractivity contribution in [3.63, 3.8) is 0 Å². The fraction of sp³-hybridized carbons (Fsp3) is 0.279. The summed E-state index contributed by atoms with van der Waals surface area (Å²) in [6.45, 7) is 28.0. The fourth-order valence-corrected chi connectivity index (χ4v) is 21.2. The van der Waals surface area contributed by atoms with E-state index >= 15 is 0 Å². The van der Waals surface area contributed by atoms with Crippen LogP contribution in [0.15, 0.2) is 218 Å². The van der Waals surface area contributed by atoms with Gasteiger partial charge in [-0.2, -0.15) is 0 Å². The first-order chi connectivity index (χ1) is 60.3. The Labute approximate surface area is 813 Å².